The molecule has 4 rings (SSSR count). The van der Waals surface area contributed by atoms with E-state index in [0.717, 1.165) is 32.1 Å². The molecule has 0 aliphatic heterocycles. The molecule has 0 aromatic carbocycles. The smallest absolute Gasteiger partial charge is 0.167 e. The van der Waals surface area contributed by atoms with Crippen LogP contribution in [0.2, 0.25) is 0 Å². The van der Waals surface area contributed by atoms with Crippen LogP contribution in [0.5, 0.6) is 0 Å². The van der Waals surface area contributed by atoms with Crippen LogP contribution in [0.15, 0.2) is 12.2 Å². The van der Waals surface area contributed by atoms with Crippen LogP contribution in [0.3, 0.4) is 0 Å². The summed E-state index contributed by atoms with van der Waals surface area (Å²) >= 11 is 0. The maximum atomic E-state index is 13.0. The molecule has 0 bridgehead atoms. The van der Waals surface area contributed by atoms with Crippen LogP contribution in [0.1, 0.15) is 59.3 Å². The SMILES string of the molecule is C=C1C[C@]2(C)C(=O)[C@H](C)CC2C2C1C1CCC(OC)(OC)CC1C[C@H]2C. The van der Waals surface area contributed by atoms with Crippen LogP contribution in [0.4, 0.5) is 0 Å². The number of allylic oxidation sites excluding steroid dienone is 1. The summed E-state index contributed by atoms with van der Waals surface area (Å²) in [4.78, 5) is 13.0. The van der Waals surface area contributed by atoms with E-state index < -0.39 is 5.79 Å². The minimum Gasteiger partial charge on any atom is -0.353 e. The molecule has 146 valence electrons. The fraction of sp³-hybridized carbons (Fsp3) is 0.870. The van der Waals surface area contributed by atoms with E-state index in [4.69, 9.17) is 9.47 Å². The Labute approximate surface area is 158 Å². The molecule has 5 unspecified atom stereocenters. The van der Waals surface area contributed by atoms with Crippen LogP contribution in [-0.4, -0.2) is 25.8 Å². The lowest BCUT2D eigenvalue weighted by Gasteiger charge is -2.59. The minimum absolute atomic E-state index is 0.157. The maximum Gasteiger partial charge on any atom is 0.167 e. The molecule has 0 saturated heterocycles. The molecule has 0 amide bonds. The van der Waals surface area contributed by atoms with Crippen LogP contribution >= 0.6 is 0 Å². The van der Waals surface area contributed by atoms with Crippen molar-refractivity contribution in [3.05, 3.63) is 12.2 Å². The average molecular weight is 361 g/mol. The molecule has 4 aliphatic rings. The first-order chi connectivity index (χ1) is 12.3. The first-order valence-corrected chi connectivity index (χ1v) is 10.6. The van der Waals surface area contributed by atoms with E-state index in [1.54, 1.807) is 14.2 Å². The average Bonchev–Trinajstić information content (AvgIpc) is 2.84. The third-order valence-electron chi connectivity index (χ3n) is 8.96. The molecule has 8 atom stereocenters. The zero-order valence-electron chi connectivity index (χ0n) is 17.2. The lowest BCUT2D eigenvalue weighted by molar-refractivity contribution is -0.247. The van der Waals surface area contributed by atoms with Gasteiger partial charge >= 0.3 is 0 Å². The van der Waals surface area contributed by atoms with Crippen molar-refractivity contribution < 1.29 is 14.3 Å². The lowest BCUT2D eigenvalue weighted by atomic mass is 9.47. The van der Waals surface area contributed by atoms with Crippen molar-refractivity contribution in [1.29, 1.82) is 0 Å². The largest absolute Gasteiger partial charge is 0.353 e. The predicted octanol–water partition coefficient (Wildman–Crippen LogP) is 4.86. The topological polar surface area (TPSA) is 35.5 Å². The number of carbonyl (C=O) groups excluding carboxylic acids is 1. The van der Waals surface area contributed by atoms with E-state index >= 15 is 0 Å². The summed E-state index contributed by atoms with van der Waals surface area (Å²) in [6, 6.07) is 0. The third-order valence-corrected chi connectivity index (χ3v) is 8.96. The fourth-order valence-corrected chi connectivity index (χ4v) is 7.84. The van der Waals surface area contributed by atoms with Gasteiger partial charge in [-0.25, -0.2) is 0 Å². The monoisotopic (exact) mass is 360 g/mol. The highest BCUT2D eigenvalue weighted by Gasteiger charge is 2.62. The van der Waals surface area contributed by atoms with Gasteiger partial charge in [-0.15, -0.1) is 0 Å². The first-order valence-electron chi connectivity index (χ1n) is 10.6. The number of rotatable bonds is 2. The Kier molecular flexibility index (Phi) is 4.43. The van der Waals surface area contributed by atoms with Crippen molar-refractivity contribution >= 4 is 5.78 Å². The highest BCUT2D eigenvalue weighted by Crippen LogP contribution is 2.65. The first kappa shape index (κ1) is 18.7. The Bertz CT molecular complexity index is 607. The zero-order valence-corrected chi connectivity index (χ0v) is 17.2. The highest BCUT2D eigenvalue weighted by molar-refractivity contribution is 5.89. The fourth-order valence-electron chi connectivity index (χ4n) is 7.84. The maximum absolute atomic E-state index is 13.0. The summed E-state index contributed by atoms with van der Waals surface area (Å²) in [5.41, 5.74) is 1.20. The quantitative estimate of drug-likeness (QED) is 0.521. The number of carbonyl (C=O) groups is 1. The Morgan fingerprint density at radius 2 is 1.85 bits per heavy atom. The van der Waals surface area contributed by atoms with Gasteiger partial charge in [0, 0.05) is 38.4 Å². The predicted molar refractivity (Wildman–Crippen MR) is 102 cm³/mol. The van der Waals surface area contributed by atoms with Gasteiger partial charge in [0.1, 0.15) is 5.78 Å². The second kappa shape index (κ2) is 6.17. The minimum atomic E-state index is -0.393. The summed E-state index contributed by atoms with van der Waals surface area (Å²) < 4.78 is 11.6. The third kappa shape index (κ3) is 2.42. The molecule has 0 aromatic rings. The van der Waals surface area contributed by atoms with Crippen LogP contribution in [0.25, 0.3) is 0 Å². The Hall–Kier alpha value is -0.670. The number of Topliss-reactive ketones (excluding diaryl/α,β-unsaturated/α-hetero) is 1. The molecule has 0 N–H and O–H groups in total. The number of ketones is 1. The molecule has 4 saturated carbocycles. The van der Waals surface area contributed by atoms with Gasteiger partial charge < -0.3 is 9.47 Å². The van der Waals surface area contributed by atoms with Gasteiger partial charge in [-0.1, -0.05) is 32.9 Å². The van der Waals surface area contributed by atoms with Crippen LogP contribution in [-0.2, 0) is 14.3 Å². The summed E-state index contributed by atoms with van der Waals surface area (Å²) in [6.07, 6.45) is 6.38. The van der Waals surface area contributed by atoms with Crippen molar-refractivity contribution in [3.8, 4) is 0 Å². The summed E-state index contributed by atoms with van der Waals surface area (Å²) in [5, 5.41) is 0. The Morgan fingerprint density at radius 1 is 1.15 bits per heavy atom. The molecular weight excluding hydrogens is 324 g/mol. The normalized spacial score (nSPS) is 50.1. The number of fused-ring (bicyclic) bond motifs is 5. The van der Waals surface area contributed by atoms with E-state index in [2.05, 4.69) is 27.4 Å². The molecule has 0 aromatic heterocycles. The van der Waals surface area contributed by atoms with Gasteiger partial charge in [-0.05, 0) is 61.2 Å². The van der Waals surface area contributed by atoms with Crippen LogP contribution in [0, 0.1) is 46.8 Å². The second-order valence-electron chi connectivity index (χ2n) is 10.2. The number of hydrogen-bond acceptors (Lipinski definition) is 3. The molecule has 26 heavy (non-hydrogen) atoms. The molecule has 3 nitrogen and oxygen atoms in total. The standard InChI is InChI=1S/C23H36O3/c1-13-9-16-12-23(25-5,26-6)8-7-17(16)19-15(3)11-22(4)18(20(13)19)10-14(2)21(22)24/h13-14,16-20H,3,7-12H2,1-2,4-6H3/t13-,14-,16?,17?,18?,19?,20?,22+/m1/s1. The Balaban J connectivity index is 1.66. The van der Waals surface area contributed by atoms with Gasteiger partial charge in [0.15, 0.2) is 5.79 Å². The molecule has 0 heterocycles. The van der Waals surface area contributed by atoms with Gasteiger partial charge in [-0.2, -0.15) is 0 Å². The van der Waals surface area contributed by atoms with Gasteiger partial charge in [0.05, 0.1) is 0 Å². The van der Waals surface area contributed by atoms with Crippen molar-refractivity contribution in [2.24, 2.45) is 46.8 Å². The van der Waals surface area contributed by atoms with Crippen LogP contribution < -0.4 is 0 Å². The van der Waals surface area contributed by atoms with Gasteiger partial charge in [-0.3, -0.25) is 4.79 Å². The summed E-state index contributed by atoms with van der Waals surface area (Å²) in [5.74, 6) is 4.09. The second-order valence-corrected chi connectivity index (χ2v) is 10.2. The lowest BCUT2D eigenvalue weighted by Crippen LogP contribution is -2.54. The molecule has 0 spiro atoms. The van der Waals surface area contributed by atoms with E-state index in [9.17, 15) is 4.79 Å². The highest BCUT2D eigenvalue weighted by atomic mass is 16.7. The van der Waals surface area contributed by atoms with Crippen molar-refractivity contribution in [2.45, 2.75) is 65.1 Å². The summed E-state index contributed by atoms with van der Waals surface area (Å²) in [6.45, 7) is 11.4. The number of ether oxygens (including phenoxy) is 2. The molecule has 4 fully saturated rings. The van der Waals surface area contributed by atoms with E-state index in [1.165, 1.54) is 12.0 Å². The molecule has 3 heteroatoms. The van der Waals surface area contributed by atoms with Gasteiger partial charge in [0.25, 0.3) is 0 Å². The van der Waals surface area contributed by atoms with Crippen molar-refractivity contribution in [2.75, 3.05) is 14.2 Å². The number of methoxy groups -OCH3 is 2. The number of hydrogen-bond donors (Lipinski definition) is 0. The van der Waals surface area contributed by atoms with E-state index in [-0.39, 0.29) is 11.3 Å². The van der Waals surface area contributed by atoms with Crippen molar-refractivity contribution in [1.82, 2.24) is 0 Å². The molecule has 4 aliphatic carbocycles. The van der Waals surface area contributed by atoms with E-state index in [1.807, 2.05) is 0 Å². The van der Waals surface area contributed by atoms with Gasteiger partial charge in [0.2, 0.25) is 0 Å². The molecular formula is C23H36O3. The van der Waals surface area contributed by atoms with Crippen molar-refractivity contribution in [3.63, 3.8) is 0 Å². The van der Waals surface area contributed by atoms with E-state index in [0.29, 0.717) is 41.3 Å². The Morgan fingerprint density at radius 3 is 2.50 bits per heavy atom. The molecule has 0 radical (unpaired) electrons. The zero-order chi connectivity index (χ0) is 18.9. The summed E-state index contributed by atoms with van der Waals surface area (Å²) in [7, 11) is 3.57.